The largest absolute Gasteiger partial charge is 0.384 e. The van der Waals surface area contributed by atoms with Gasteiger partial charge in [0, 0.05) is 17.3 Å². The molecule has 0 unspecified atom stereocenters. The maximum absolute atomic E-state index is 12.2. The Kier molecular flexibility index (Phi) is 4.02. The van der Waals surface area contributed by atoms with Crippen molar-refractivity contribution in [3.63, 3.8) is 0 Å². The summed E-state index contributed by atoms with van der Waals surface area (Å²) in [5.41, 5.74) is 6.80. The van der Waals surface area contributed by atoms with Crippen molar-refractivity contribution in [1.29, 1.82) is 0 Å². The molecule has 0 spiro atoms. The maximum atomic E-state index is 12.2. The van der Waals surface area contributed by atoms with Crippen LogP contribution in [0.25, 0.3) is 11.1 Å². The first kappa shape index (κ1) is 15.5. The number of anilines is 1. The summed E-state index contributed by atoms with van der Waals surface area (Å²) in [7, 11) is -3.51. The molecule has 0 atom stereocenters. The summed E-state index contributed by atoms with van der Waals surface area (Å²) in [6.07, 6.45) is 1.66. The Hall–Kier alpha value is -1.92. The first-order valence-electron chi connectivity index (χ1n) is 6.53. The Morgan fingerprint density at radius 1 is 1.00 bits per heavy atom. The van der Waals surface area contributed by atoms with Gasteiger partial charge in [0.2, 0.25) is 10.0 Å². The van der Waals surface area contributed by atoms with Crippen LogP contribution in [0.5, 0.6) is 0 Å². The highest BCUT2D eigenvalue weighted by atomic mass is 32.2. The molecule has 2 rings (SSSR count). The molecule has 0 saturated carbocycles. The molecular weight excluding hydrogens is 286 g/mol. The van der Waals surface area contributed by atoms with Gasteiger partial charge in [0.15, 0.2) is 0 Å². The average molecular weight is 305 g/mol. The predicted octanol–water partition coefficient (Wildman–Crippen LogP) is 2.41. The van der Waals surface area contributed by atoms with Crippen LogP contribution in [0.2, 0.25) is 0 Å². The molecule has 0 aliphatic heterocycles. The Balaban J connectivity index is 2.29. The molecular formula is C15H19N3O2S. The van der Waals surface area contributed by atoms with Gasteiger partial charge in [-0.3, -0.25) is 0 Å². The topological polar surface area (TPSA) is 85.1 Å². The van der Waals surface area contributed by atoms with E-state index in [1.807, 2.05) is 6.07 Å². The molecule has 112 valence electrons. The van der Waals surface area contributed by atoms with Crippen molar-refractivity contribution >= 4 is 15.8 Å². The second-order valence-electron chi connectivity index (χ2n) is 5.85. The number of nitrogen functional groups attached to an aromatic ring is 1. The minimum absolute atomic E-state index is 0.240. The Morgan fingerprint density at radius 2 is 1.57 bits per heavy atom. The van der Waals surface area contributed by atoms with Gasteiger partial charge in [-0.1, -0.05) is 12.1 Å². The summed E-state index contributed by atoms with van der Waals surface area (Å²) in [6.45, 7) is 5.41. The second-order valence-corrected chi connectivity index (χ2v) is 7.53. The number of pyridine rings is 1. The van der Waals surface area contributed by atoms with Crippen molar-refractivity contribution in [2.45, 2.75) is 31.2 Å². The van der Waals surface area contributed by atoms with Gasteiger partial charge >= 0.3 is 0 Å². The van der Waals surface area contributed by atoms with E-state index in [0.717, 1.165) is 11.1 Å². The van der Waals surface area contributed by atoms with E-state index in [9.17, 15) is 8.42 Å². The SMILES string of the molecule is CC(C)(C)NS(=O)(=O)c1ccc(-c2ccc(N)nc2)cc1. The molecule has 1 heterocycles. The van der Waals surface area contributed by atoms with Gasteiger partial charge in [-0.05, 0) is 50.6 Å². The van der Waals surface area contributed by atoms with E-state index in [-0.39, 0.29) is 4.90 Å². The molecule has 1 aromatic heterocycles. The molecule has 0 fully saturated rings. The van der Waals surface area contributed by atoms with Gasteiger partial charge < -0.3 is 5.73 Å². The van der Waals surface area contributed by atoms with Gasteiger partial charge in [0.1, 0.15) is 5.82 Å². The number of aromatic nitrogens is 1. The van der Waals surface area contributed by atoms with E-state index in [1.165, 1.54) is 0 Å². The number of rotatable bonds is 3. The highest BCUT2D eigenvalue weighted by Crippen LogP contribution is 2.21. The Labute approximate surface area is 125 Å². The molecule has 0 amide bonds. The zero-order valence-corrected chi connectivity index (χ0v) is 13.1. The lowest BCUT2D eigenvalue weighted by Crippen LogP contribution is -2.40. The van der Waals surface area contributed by atoms with Crippen LogP contribution in [-0.4, -0.2) is 18.9 Å². The highest BCUT2D eigenvalue weighted by molar-refractivity contribution is 7.89. The molecule has 6 heteroatoms. The fraction of sp³-hybridized carbons (Fsp3) is 0.267. The molecule has 3 N–H and O–H groups in total. The molecule has 0 saturated heterocycles. The van der Waals surface area contributed by atoms with Crippen LogP contribution in [0.3, 0.4) is 0 Å². The van der Waals surface area contributed by atoms with Crippen LogP contribution < -0.4 is 10.5 Å². The first-order valence-corrected chi connectivity index (χ1v) is 8.02. The second kappa shape index (κ2) is 5.46. The number of hydrogen-bond donors (Lipinski definition) is 2. The molecule has 0 radical (unpaired) electrons. The number of nitrogens with zero attached hydrogens (tertiary/aromatic N) is 1. The number of hydrogen-bond acceptors (Lipinski definition) is 4. The maximum Gasteiger partial charge on any atom is 0.241 e. The molecule has 2 aromatic rings. The van der Waals surface area contributed by atoms with Gasteiger partial charge in [-0.25, -0.2) is 18.1 Å². The van der Waals surface area contributed by atoms with Crippen molar-refractivity contribution in [3.05, 3.63) is 42.6 Å². The number of benzene rings is 1. The van der Waals surface area contributed by atoms with Crippen molar-refractivity contribution in [2.75, 3.05) is 5.73 Å². The van der Waals surface area contributed by atoms with E-state index >= 15 is 0 Å². The standard InChI is InChI=1S/C15H19N3O2S/c1-15(2,3)18-21(19,20)13-7-4-11(5-8-13)12-6-9-14(16)17-10-12/h4-10,18H,1-3H3,(H2,16,17). The third-order valence-electron chi connectivity index (χ3n) is 2.72. The summed E-state index contributed by atoms with van der Waals surface area (Å²) in [4.78, 5) is 4.26. The molecule has 0 aliphatic rings. The fourth-order valence-corrected chi connectivity index (χ4v) is 3.28. The first-order chi connectivity index (χ1) is 9.67. The summed E-state index contributed by atoms with van der Waals surface area (Å²) in [6, 6.07) is 10.2. The van der Waals surface area contributed by atoms with Gasteiger partial charge in [-0.15, -0.1) is 0 Å². The number of nitrogens with one attached hydrogen (secondary N) is 1. The molecule has 21 heavy (non-hydrogen) atoms. The van der Waals surface area contributed by atoms with Crippen LogP contribution in [0, 0.1) is 0 Å². The van der Waals surface area contributed by atoms with Crippen LogP contribution in [-0.2, 0) is 10.0 Å². The smallest absolute Gasteiger partial charge is 0.241 e. The number of nitrogens with two attached hydrogens (primary N) is 1. The average Bonchev–Trinajstić information content (AvgIpc) is 2.37. The normalized spacial score (nSPS) is 12.3. The molecule has 5 nitrogen and oxygen atoms in total. The van der Waals surface area contributed by atoms with E-state index in [4.69, 9.17) is 5.73 Å². The van der Waals surface area contributed by atoms with E-state index in [2.05, 4.69) is 9.71 Å². The zero-order chi connectivity index (χ0) is 15.7. The van der Waals surface area contributed by atoms with Crippen LogP contribution in [0.15, 0.2) is 47.5 Å². The molecule has 1 aromatic carbocycles. The Bertz CT molecular complexity index is 715. The van der Waals surface area contributed by atoms with Crippen molar-refractivity contribution in [3.8, 4) is 11.1 Å². The lowest BCUT2D eigenvalue weighted by molar-refractivity contribution is 0.491. The van der Waals surface area contributed by atoms with Crippen molar-refractivity contribution in [2.24, 2.45) is 0 Å². The van der Waals surface area contributed by atoms with E-state index < -0.39 is 15.6 Å². The quantitative estimate of drug-likeness (QED) is 0.912. The van der Waals surface area contributed by atoms with Crippen LogP contribution in [0.4, 0.5) is 5.82 Å². The Morgan fingerprint density at radius 3 is 2.05 bits per heavy atom. The summed E-state index contributed by atoms with van der Waals surface area (Å²) in [5.74, 6) is 0.451. The predicted molar refractivity (Wildman–Crippen MR) is 84.2 cm³/mol. The fourth-order valence-electron chi connectivity index (χ4n) is 1.86. The summed E-state index contributed by atoms with van der Waals surface area (Å²) >= 11 is 0. The van der Waals surface area contributed by atoms with Crippen molar-refractivity contribution < 1.29 is 8.42 Å². The molecule has 0 aliphatic carbocycles. The minimum atomic E-state index is -3.51. The minimum Gasteiger partial charge on any atom is -0.384 e. The monoisotopic (exact) mass is 305 g/mol. The summed E-state index contributed by atoms with van der Waals surface area (Å²) < 4.78 is 27.0. The third-order valence-corrected chi connectivity index (χ3v) is 4.50. The van der Waals surface area contributed by atoms with Gasteiger partial charge in [-0.2, -0.15) is 0 Å². The lowest BCUT2D eigenvalue weighted by Gasteiger charge is -2.20. The lowest BCUT2D eigenvalue weighted by atomic mass is 10.1. The van der Waals surface area contributed by atoms with Crippen LogP contribution >= 0.6 is 0 Å². The van der Waals surface area contributed by atoms with E-state index in [0.29, 0.717) is 5.82 Å². The summed E-state index contributed by atoms with van der Waals surface area (Å²) in [5, 5.41) is 0. The van der Waals surface area contributed by atoms with Crippen molar-refractivity contribution in [1.82, 2.24) is 9.71 Å². The molecule has 0 bridgehead atoms. The van der Waals surface area contributed by atoms with Gasteiger partial charge in [0.25, 0.3) is 0 Å². The highest BCUT2D eigenvalue weighted by Gasteiger charge is 2.21. The third kappa shape index (κ3) is 4.03. The number of sulfonamides is 1. The zero-order valence-electron chi connectivity index (χ0n) is 12.3. The van der Waals surface area contributed by atoms with E-state index in [1.54, 1.807) is 57.3 Å². The van der Waals surface area contributed by atoms with Crippen LogP contribution in [0.1, 0.15) is 20.8 Å². The van der Waals surface area contributed by atoms with Gasteiger partial charge in [0.05, 0.1) is 4.90 Å².